The van der Waals surface area contributed by atoms with Gasteiger partial charge < -0.3 is 9.80 Å². The number of carbonyl (C=O) groups excluding carboxylic acids is 4. The van der Waals surface area contributed by atoms with E-state index in [1.54, 1.807) is 38.0 Å². The van der Waals surface area contributed by atoms with Gasteiger partial charge in [-0.1, -0.05) is 24.3 Å². The maximum atomic E-state index is 13.9. The molecule has 0 aliphatic carbocycles. The number of carbonyl (C=O) groups is 4. The summed E-state index contributed by atoms with van der Waals surface area (Å²) in [6, 6.07) is 12.3. The molecule has 4 aliphatic heterocycles. The summed E-state index contributed by atoms with van der Waals surface area (Å²) in [5.74, 6) is -0.228. The molecule has 0 bridgehead atoms. The number of fused-ring (bicyclic) bond motifs is 4. The fraction of sp³-hybridized carbons (Fsp3) is 0.389. The van der Waals surface area contributed by atoms with Crippen LogP contribution in [0.4, 0.5) is 11.4 Å². The van der Waals surface area contributed by atoms with Gasteiger partial charge in [-0.2, -0.15) is 0 Å². The van der Waals surface area contributed by atoms with Gasteiger partial charge in [0.25, 0.3) is 11.8 Å². The monoisotopic (exact) mass is 710 g/mol. The summed E-state index contributed by atoms with van der Waals surface area (Å²) in [4.78, 5) is 66.9. The summed E-state index contributed by atoms with van der Waals surface area (Å²) in [5, 5.41) is 8.23. The molecule has 6 heterocycles. The zero-order valence-electron chi connectivity index (χ0n) is 28.6. The molecular weight excluding hydrogens is 673 g/mol. The number of aromatic nitrogens is 2. The molecule has 50 heavy (non-hydrogen) atoms. The van der Waals surface area contributed by atoms with E-state index in [1.807, 2.05) is 44.1 Å². The second-order valence-electron chi connectivity index (χ2n) is 13.2. The van der Waals surface area contributed by atoms with Crippen LogP contribution in [0.1, 0.15) is 65.7 Å². The zero-order valence-corrected chi connectivity index (χ0v) is 30.2. The molecule has 4 aromatic rings. The van der Waals surface area contributed by atoms with Gasteiger partial charge in [-0.15, -0.1) is 22.7 Å². The van der Waals surface area contributed by atoms with Crippen LogP contribution in [0.2, 0.25) is 0 Å². The Kier molecular flexibility index (Phi) is 8.29. The van der Waals surface area contributed by atoms with Crippen LogP contribution in [0.15, 0.2) is 36.4 Å². The predicted octanol–water partition coefficient (Wildman–Crippen LogP) is 4.18. The third kappa shape index (κ3) is 5.50. The van der Waals surface area contributed by atoms with Crippen molar-refractivity contribution in [3.63, 3.8) is 0 Å². The first kappa shape index (κ1) is 32.7. The molecule has 0 N–H and O–H groups in total. The number of anilines is 2. The fourth-order valence-corrected chi connectivity index (χ4v) is 9.62. The smallest absolute Gasteiger partial charge is 0.287 e. The van der Waals surface area contributed by atoms with Gasteiger partial charge in [-0.05, 0) is 47.2 Å². The first-order chi connectivity index (χ1) is 24.1. The lowest BCUT2D eigenvalue weighted by Gasteiger charge is -2.33. The van der Waals surface area contributed by atoms with Crippen LogP contribution in [0.25, 0.3) is 11.1 Å². The van der Waals surface area contributed by atoms with Crippen molar-refractivity contribution in [3.8, 4) is 11.1 Å². The molecule has 14 heteroatoms. The molecule has 0 fully saturated rings. The van der Waals surface area contributed by atoms with E-state index in [4.69, 9.17) is 9.97 Å². The number of nitrogens with zero attached hydrogens (tertiary/aromatic N) is 8. The number of benzene rings is 2. The molecule has 2 aromatic heterocycles. The molecule has 0 unspecified atom stereocenters. The van der Waals surface area contributed by atoms with Crippen molar-refractivity contribution in [2.45, 2.75) is 52.6 Å². The van der Waals surface area contributed by atoms with E-state index in [2.05, 4.69) is 12.1 Å². The predicted molar refractivity (Wildman–Crippen MR) is 192 cm³/mol. The van der Waals surface area contributed by atoms with E-state index >= 15 is 0 Å². The van der Waals surface area contributed by atoms with E-state index in [9.17, 15) is 19.2 Å². The van der Waals surface area contributed by atoms with Crippen LogP contribution < -0.4 is 9.80 Å². The molecule has 0 spiro atoms. The summed E-state index contributed by atoms with van der Waals surface area (Å²) in [5.41, 5.74) is 8.12. The normalized spacial score (nSPS) is 16.9. The minimum absolute atomic E-state index is 0.0206. The van der Waals surface area contributed by atoms with Crippen molar-refractivity contribution in [1.29, 1.82) is 0 Å². The molecule has 0 saturated carbocycles. The fourth-order valence-electron chi connectivity index (χ4n) is 7.48. The SMILES string of the molecule is CC(=O)N(C)N1CCc2nc(C(=O)N3CCc4c(-c5cccc6c5CCN6C(=O)c5nc6c(s5)CN(N(C)C(C)=O)CC6)cccc43)sc2C1. The molecule has 2 aromatic carbocycles. The quantitative estimate of drug-likeness (QED) is 0.304. The number of rotatable bonds is 5. The molecule has 258 valence electrons. The van der Waals surface area contributed by atoms with Gasteiger partial charge in [0.15, 0.2) is 10.0 Å². The first-order valence-electron chi connectivity index (χ1n) is 16.9. The maximum absolute atomic E-state index is 13.9. The third-order valence-electron chi connectivity index (χ3n) is 10.4. The molecule has 12 nitrogen and oxygen atoms in total. The summed E-state index contributed by atoms with van der Waals surface area (Å²) in [6.07, 6.45) is 2.84. The highest BCUT2D eigenvalue weighted by Crippen LogP contribution is 2.43. The van der Waals surface area contributed by atoms with Gasteiger partial charge in [0.2, 0.25) is 11.8 Å². The largest absolute Gasteiger partial charge is 0.306 e. The van der Waals surface area contributed by atoms with Crippen molar-refractivity contribution in [1.82, 2.24) is 30.0 Å². The number of hydrogen-bond acceptors (Lipinski definition) is 10. The lowest BCUT2D eigenvalue weighted by Crippen LogP contribution is -2.45. The standard InChI is InChI=1S/C36H38N8O4S2/c1-21(45)39(3)41-15-13-27-31(19-41)49-33(37-27)35(47)43-17-11-25-23(7-5-9-29(25)43)24-8-6-10-30-26(24)12-18-44(30)36(48)34-38-28-14-16-42(20-32(28)50-34)40(4)22(2)46/h5-10H,11-20H2,1-4H3. The lowest BCUT2D eigenvalue weighted by atomic mass is 9.93. The molecule has 8 rings (SSSR count). The van der Waals surface area contributed by atoms with E-state index in [0.29, 0.717) is 62.1 Å². The number of amides is 4. The van der Waals surface area contributed by atoms with Crippen LogP contribution in [-0.4, -0.2) is 93.9 Å². The van der Waals surface area contributed by atoms with Crippen molar-refractivity contribution < 1.29 is 19.2 Å². The number of hydrogen-bond donors (Lipinski definition) is 0. The first-order valence-corrected chi connectivity index (χ1v) is 18.6. The second-order valence-corrected chi connectivity index (χ2v) is 15.3. The minimum Gasteiger partial charge on any atom is -0.306 e. The molecule has 4 amide bonds. The summed E-state index contributed by atoms with van der Waals surface area (Å²) in [7, 11) is 3.55. The Morgan fingerprint density at radius 3 is 1.44 bits per heavy atom. The van der Waals surface area contributed by atoms with Crippen LogP contribution in [0.3, 0.4) is 0 Å². The van der Waals surface area contributed by atoms with Gasteiger partial charge in [0, 0.05) is 88.1 Å². The molecule has 0 saturated heterocycles. The van der Waals surface area contributed by atoms with E-state index < -0.39 is 0 Å². The van der Waals surface area contributed by atoms with E-state index in [1.165, 1.54) is 22.7 Å². The zero-order chi connectivity index (χ0) is 34.8. The highest BCUT2D eigenvalue weighted by Gasteiger charge is 2.35. The average Bonchev–Trinajstić information content (AvgIpc) is 3.93. The average molecular weight is 711 g/mol. The number of hydrazine groups is 2. The second kappa shape index (κ2) is 12.7. The molecule has 4 aliphatic rings. The number of thiazole rings is 2. The Labute approximate surface area is 298 Å². The van der Waals surface area contributed by atoms with Gasteiger partial charge in [-0.3, -0.25) is 29.2 Å². The maximum Gasteiger partial charge on any atom is 0.287 e. The van der Waals surface area contributed by atoms with E-state index in [0.717, 1.165) is 67.6 Å². The van der Waals surface area contributed by atoms with Crippen LogP contribution >= 0.6 is 22.7 Å². The summed E-state index contributed by atoms with van der Waals surface area (Å²) < 4.78 is 0. The van der Waals surface area contributed by atoms with Gasteiger partial charge in [0.1, 0.15) is 0 Å². The van der Waals surface area contributed by atoms with Crippen molar-refractivity contribution in [2.75, 3.05) is 50.1 Å². The summed E-state index contributed by atoms with van der Waals surface area (Å²) in [6.45, 7) is 6.75. The Morgan fingerprint density at radius 1 is 0.620 bits per heavy atom. The van der Waals surface area contributed by atoms with Gasteiger partial charge in [0.05, 0.1) is 24.5 Å². The van der Waals surface area contributed by atoms with Crippen LogP contribution in [0, 0.1) is 0 Å². The molecule has 0 radical (unpaired) electrons. The Hall–Kier alpha value is -4.50. The Bertz CT molecular complexity index is 1930. The van der Waals surface area contributed by atoms with Crippen molar-refractivity contribution in [2.24, 2.45) is 0 Å². The van der Waals surface area contributed by atoms with Gasteiger partial charge in [-0.25, -0.2) is 20.0 Å². The Morgan fingerprint density at radius 2 is 1.04 bits per heavy atom. The van der Waals surface area contributed by atoms with Crippen LogP contribution in [0.5, 0.6) is 0 Å². The van der Waals surface area contributed by atoms with Crippen molar-refractivity contribution in [3.05, 3.63) is 78.7 Å². The van der Waals surface area contributed by atoms with Gasteiger partial charge >= 0.3 is 0 Å². The highest BCUT2D eigenvalue weighted by atomic mass is 32.1. The molecule has 0 atom stereocenters. The topological polar surface area (TPSA) is 114 Å². The van der Waals surface area contributed by atoms with Crippen molar-refractivity contribution >= 4 is 57.7 Å². The lowest BCUT2D eigenvalue weighted by molar-refractivity contribution is -0.145. The van der Waals surface area contributed by atoms with E-state index in [-0.39, 0.29) is 23.6 Å². The summed E-state index contributed by atoms with van der Waals surface area (Å²) >= 11 is 2.85. The van der Waals surface area contributed by atoms with Crippen LogP contribution in [-0.2, 0) is 48.4 Å². The minimum atomic E-state index is -0.0935. The highest BCUT2D eigenvalue weighted by molar-refractivity contribution is 7.14. The third-order valence-corrected chi connectivity index (χ3v) is 12.5. The molecular formula is C36H38N8O4S2. The Balaban J connectivity index is 1.03.